The first-order chi connectivity index (χ1) is 8.76. The molecule has 1 unspecified atom stereocenters. The van der Waals surface area contributed by atoms with E-state index in [9.17, 15) is 0 Å². The van der Waals surface area contributed by atoms with Gasteiger partial charge in [0.15, 0.2) is 5.96 Å². The molecule has 18 heavy (non-hydrogen) atoms. The molecule has 0 aliphatic heterocycles. The quantitative estimate of drug-likeness (QED) is 0.598. The highest BCUT2D eigenvalue weighted by atomic mass is 15.2. The minimum absolute atomic E-state index is 0.442. The van der Waals surface area contributed by atoms with Crippen LogP contribution in [0.5, 0.6) is 0 Å². The Labute approximate surface area is 110 Å². The van der Waals surface area contributed by atoms with Gasteiger partial charge in [-0.1, -0.05) is 13.0 Å². The molecule has 0 bridgehead atoms. The molecule has 1 aromatic rings. The number of nitrogens with zero attached hydrogens (tertiary/aromatic N) is 2. The summed E-state index contributed by atoms with van der Waals surface area (Å²) in [5.74, 6) is 0.891. The molecule has 0 aliphatic carbocycles. The molecule has 1 atom stereocenters. The SMILES string of the molecule is CCNC(=NCCc1ccccn1)NC(C)CC. The van der Waals surface area contributed by atoms with Gasteiger partial charge in [0, 0.05) is 37.4 Å². The van der Waals surface area contributed by atoms with Gasteiger partial charge in [-0.25, -0.2) is 0 Å². The minimum Gasteiger partial charge on any atom is -0.357 e. The molecule has 0 fully saturated rings. The number of aliphatic imine (C=N–C) groups is 1. The van der Waals surface area contributed by atoms with E-state index < -0.39 is 0 Å². The molecule has 0 saturated heterocycles. The third-order valence-corrected chi connectivity index (χ3v) is 2.70. The molecule has 1 rings (SSSR count). The zero-order valence-electron chi connectivity index (χ0n) is 11.6. The van der Waals surface area contributed by atoms with E-state index in [2.05, 4.69) is 41.4 Å². The third-order valence-electron chi connectivity index (χ3n) is 2.70. The summed E-state index contributed by atoms with van der Waals surface area (Å²) < 4.78 is 0. The van der Waals surface area contributed by atoms with E-state index in [1.54, 1.807) is 0 Å². The molecule has 0 amide bonds. The Morgan fingerprint density at radius 2 is 2.22 bits per heavy atom. The van der Waals surface area contributed by atoms with Crippen molar-refractivity contribution >= 4 is 5.96 Å². The van der Waals surface area contributed by atoms with Gasteiger partial charge in [0.05, 0.1) is 0 Å². The number of hydrogen-bond acceptors (Lipinski definition) is 2. The van der Waals surface area contributed by atoms with Gasteiger partial charge in [0.25, 0.3) is 0 Å². The van der Waals surface area contributed by atoms with Crippen LogP contribution in [-0.4, -0.2) is 30.1 Å². The number of pyridine rings is 1. The van der Waals surface area contributed by atoms with E-state index in [0.29, 0.717) is 6.04 Å². The highest BCUT2D eigenvalue weighted by Gasteiger charge is 2.01. The van der Waals surface area contributed by atoms with Crippen LogP contribution in [0.3, 0.4) is 0 Å². The van der Waals surface area contributed by atoms with Crippen LogP contribution < -0.4 is 10.6 Å². The number of aromatic nitrogens is 1. The van der Waals surface area contributed by atoms with Gasteiger partial charge in [-0.05, 0) is 32.4 Å². The monoisotopic (exact) mass is 248 g/mol. The van der Waals surface area contributed by atoms with Gasteiger partial charge in [0.2, 0.25) is 0 Å². The van der Waals surface area contributed by atoms with E-state index in [1.807, 2.05) is 24.4 Å². The lowest BCUT2D eigenvalue weighted by Crippen LogP contribution is -2.42. The van der Waals surface area contributed by atoms with Crippen LogP contribution in [0, 0.1) is 0 Å². The van der Waals surface area contributed by atoms with E-state index in [1.165, 1.54) is 0 Å². The summed E-state index contributed by atoms with van der Waals surface area (Å²) in [5.41, 5.74) is 1.08. The molecule has 4 nitrogen and oxygen atoms in total. The zero-order valence-corrected chi connectivity index (χ0v) is 11.6. The van der Waals surface area contributed by atoms with Crippen LogP contribution in [0.4, 0.5) is 0 Å². The van der Waals surface area contributed by atoms with E-state index in [-0.39, 0.29) is 0 Å². The first-order valence-electron chi connectivity index (χ1n) is 6.71. The molecule has 2 N–H and O–H groups in total. The Morgan fingerprint density at radius 3 is 2.83 bits per heavy atom. The second-order valence-corrected chi connectivity index (χ2v) is 4.29. The second kappa shape index (κ2) is 8.50. The predicted octanol–water partition coefficient (Wildman–Crippen LogP) is 1.98. The molecular formula is C14H24N4. The predicted molar refractivity (Wildman–Crippen MR) is 76.8 cm³/mol. The fourth-order valence-corrected chi connectivity index (χ4v) is 1.48. The maximum atomic E-state index is 4.55. The normalized spacial score (nSPS) is 13.2. The Bertz CT molecular complexity index is 348. The molecule has 0 radical (unpaired) electrons. The number of guanidine groups is 1. The standard InChI is InChI=1S/C14H24N4/c1-4-12(3)18-14(15-5-2)17-11-9-13-8-6-7-10-16-13/h6-8,10,12H,4-5,9,11H2,1-3H3,(H2,15,17,18). The highest BCUT2D eigenvalue weighted by molar-refractivity contribution is 5.80. The van der Waals surface area contributed by atoms with Gasteiger partial charge in [-0.15, -0.1) is 0 Å². The van der Waals surface area contributed by atoms with E-state index in [0.717, 1.165) is 37.6 Å². The van der Waals surface area contributed by atoms with Crippen molar-refractivity contribution in [1.82, 2.24) is 15.6 Å². The number of hydrogen-bond donors (Lipinski definition) is 2. The van der Waals surface area contributed by atoms with Gasteiger partial charge in [0.1, 0.15) is 0 Å². The summed E-state index contributed by atoms with van der Waals surface area (Å²) >= 11 is 0. The average molecular weight is 248 g/mol. The Hall–Kier alpha value is -1.58. The van der Waals surface area contributed by atoms with Crippen molar-refractivity contribution < 1.29 is 0 Å². The van der Waals surface area contributed by atoms with Crippen molar-refractivity contribution in [3.63, 3.8) is 0 Å². The summed E-state index contributed by atoms with van der Waals surface area (Å²) in [7, 11) is 0. The topological polar surface area (TPSA) is 49.3 Å². The molecule has 0 saturated carbocycles. The van der Waals surface area contributed by atoms with Crippen LogP contribution in [0.1, 0.15) is 32.9 Å². The largest absolute Gasteiger partial charge is 0.357 e. The highest BCUT2D eigenvalue weighted by Crippen LogP contribution is 1.95. The van der Waals surface area contributed by atoms with Crippen molar-refractivity contribution in [3.05, 3.63) is 30.1 Å². The van der Waals surface area contributed by atoms with Crippen LogP contribution >= 0.6 is 0 Å². The van der Waals surface area contributed by atoms with Crippen molar-refractivity contribution in [1.29, 1.82) is 0 Å². The van der Waals surface area contributed by atoms with Crippen molar-refractivity contribution in [2.75, 3.05) is 13.1 Å². The van der Waals surface area contributed by atoms with Gasteiger partial charge < -0.3 is 10.6 Å². The van der Waals surface area contributed by atoms with Crippen LogP contribution in [0.2, 0.25) is 0 Å². The molecular weight excluding hydrogens is 224 g/mol. The van der Waals surface area contributed by atoms with Gasteiger partial charge in [-0.3, -0.25) is 9.98 Å². The molecule has 0 spiro atoms. The summed E-state index contributed by atoms with van der Waals surface area (Å²) in [6.07, 6.45) is 3.78. The molecule has 100 valence electrons. The third kappa shape index (κ3) is 5.66. The molecule has 0 aromatic carbocycles. The van der Waals surface area contributed by atoms with E-state index >= 15 is 0 Å². The maximum absolute atomic E-state index is 4.55. The molecule has 4 heteroatoms. The van der Waals surface area contributed by atoms with Crippen molar-refractivity contribution in [2.45, 2.75) is 39.7 Å². The Morgan fingerprint density at radius 1 is 1.39 bits per heavy atom. The maximum Gasteiger partial charge on any atom is 0.191 e. The summed E-state index contributed by atoms with van der Waals surface area (Å²) in [5, 5.41) is 6.62. The van der Waals surface area contributed by atoms with E-state index in [4.69, 9.17) is 0 Å². The van der Waals surface area contributed by atoms with Crippen LogP contribution in [0.15, 0.2) is 29.4 Å². The Kier molecular flexibility index (Phi) is 6.84. The smallest absolute Gasteiger partial charge is 0.191 e. The van der Waals surface area contributed by atoms with Gasteiger partial charge in [-0.2, -0.15) is 0 Å². The number of nitrogens with one attached hydrogen (secondary N) is 2. The summed E-state index contributed by atoms with van der Waals surface area (Å²) in [6.45, 7) is 8.03. The van der Waals surface area contributed by atoms with Crippen molar-refractivity contribution in [3.8, 4) is 0 Å². The zero-order chi connectivity index (χ0) is 13.2. The first-order valence-corrected chi connectivity index (χ1v) is 6.71. The fourth-order valence-electron chi connectivity index (χ4n) is 1.48. The molecule has 1 aromatic heterocycles. The first kappa shape index (κ1) is 14.5. The lowest BCUT2D eigenvalue weighted by molar-refractivity contribution is 0.624. The number of rotatable bonds is 6. The Balaban J connectivity index is 2.44. The summed E-state index contributed by atoms with van der Waals surface area (Å²) in [6, 6.07) is 6.42. The summed E-state index contributed by atoms with van der Waals surface area (Å²) in [4.78, 5) is 8.84. The second-order valence-electron chi connectivity index (χ2n) is 4.29. The van der Waals surface area contributed by atoms with Crippen molar-refractivity contribution in [2.24, 2.45) is 4.99 Å². The minimum atomic E-state index is 0.442. The van der Waals surface area contributed by atoms with Crippen LogP contribution in [-0.2, 0) is 6.42 Å². The lowest BCUT2D eigenvalue weighted by atomic mass is 10.2. The molecule has 0 aliphatic rings. The fraction of sp³-hybridized carbons (Fsp3) is 0.571. The lowest BCUT2D eigenvalue weighted by Gasteiger charge is -2.16. The van der Waals surface area contributed by atoms with Gasteiger partial charge >= 0.3 is 0 Å². The average Bonchev–Trinajstić information content (AvgIpc) is 2.40. The molecule has 1 heterocycles. The van der Waals surface area contributed by atoms with Crippen LogP contribution in [0.25, 0.3) is 0 Å².